The van der Waals surface area contributed by atoms with Crippen molar-refractivity contribution in [1.29, 1.82) is 0 Å². The standard InChI is InChI=1S/C17H30ClNO4Si/c1-10(2)12(15(21)22-7)19-13(18)11(14(19)20)17(6,16(3,4)5)23-24(8)9/h11,13,24H,1-9H3/t11-,13+,17?/m1/s1. The van der Waals surface area contributed by atoms with Gasteiger partial charge in [-0.25, -0.2) is 4.79 Å². The van der Waals surface area contributed by atoms with E-state index in [1.165, 1.54) is 12.0 Å². The number of halogens is 1. The summed E-state index contributed by atoms with van der Waals surface area (Å²) in [4.78, 5) is 26.3. The Balaban J connectivity index is 3.26. The summed E-state index contributed by atoms with van der Waals surface area (Å²) in [7, 11) is -0.115. The Morgan fingerprint density at radius 3 is 2.00 bits per heavy atom. The summed E-state index contributed by atoms with van der Waals surface area (Å²) in [5.74, 6) is -1.25. The molecule has 0 aromatic carbocycles. The van der Waals surface area contributed by atoms with Gasteiger partial charge in [-0.05, 0) is 44.9 Å². The molecule has 0 spiro atoms. The van der Waals surface area contributed by atoms with Crippen LogP contribution in [-0.2, 0) is 18.8 Å². The maximum absolute atomic E-state index is 12.9. The molecule has 1 aliphatic heterocycles. The van der Waals surface area contributed by atoms with E-state index in [0.29, 0.717) is 5.57 Å². The summed E-state index contributed by atoms with van der Waals surface area (Å²) in [5, 5.41) is 0. The van der Waals surface area contributed by atoms with Crippen molar-refractivity contribution >= 4 is 32.5 Å². The Labute approximate surface area is 152 Å². The maximum atomic E-state index is 12.9. The van der Waals surface area contributed by atoms with E-state index in [9.17, 15) is 9.59 Å². The molecule has 0 aromatic rings. The summed E-state index contributed by atoms with van der Waals surface area (Å²) in [6.07, 6.45) is 0. The molecule has 0 N–H and O–H groups in total. The van der Waals surface area contributed by atoms with Gasteiger partial charge in [0.15, 0.2) is 9.04 Å². The normalized spacial score (nSPS) is 23.6. The molecule has 1 unspecified atom stereocenters. The van der Waals surface area contributed by atoms with Gasteiger partial charge in [-0.2, -0.15) is 0 Å². The molecule has 1 aliphatic rings. The van der Waals surface area contributed by atoms with Gasteiger partial charge >= 0.3 is 5.97 Å². The van der Waals surface area contributed by atoms with Crippen molar-refractivity contribution in [2.24, 2.45) is 11.3 Å². The lowest BCUT2D eigenvalue weighted by molar-refractivity contribution is -0.175. The summed E-state index contributed by atoms with van der Waals surface area (Å²) in [5.41, 5.74) is -0.706. The number of rotatable bonds is 5. The number of nitrogens with zero attached hydrogens (tertiary/aromatic N) is 1. The molecule has 0 bridgehead atoms. The predicted octanol–water partition coefficient (Wildman–Crippen LogP) is 3.28. The van der Waals surface area contributed by atoms with E-state index in [4.69, 9.17) is 20.8 Å². The van der Waals surface area contributed by atoms with Crippen LogP contribution in [0.1, 0.15) is 41.5 Å². The first-order valence-corrected chi connectivity index (χ1v) is 11.4. The molecule has 0 radical (unpaired) electrons. The molecule has 7 heteroatoms. The van der Waals surface area contributed by atoms with Crippen LogP contribution >= 0.6 is 11.6 Å². The van der Waals surface area contributed by atoms with Gasteiger partial charge in [0.25, 0.3) is 0 Å². The molecular formula is C17H30ClNO4Si. The van der Waals surface area contributed by atoms with E-state index >= 15 is 0 Å². The zero-order chi connectivity index (χ0) is 19.0. The molecule has 0 aromatic heterocycles. The van der Waals surface area contributed by atoms with Crippen LogP contribution < -0.4 is 0 Å². The van der Waals surface area contributed by atoms with E-state index < -0.39 is 32.0 Å². The second kappa shape index (κ2) is 7.18. The summed E-state index contributed by atoms with van der Waals surface area (Å²) < 4.78 is 11.1. The van der Waals surface area contributed by atoms with Gasteiger partial charge in [0.1, 0.15) is 17.1 Å². The molecule has 24 heavy (non-hydrogen) atoms. The lowest BCUT2D eigenvalue weighted by Crippen LogP contribution is -2.70. The zero-order valence-electron chi connectivity index (χ0n) is 16.2. The van der Waals surface area contributed by atoms with Crippen LogP contribution in [0, 0.1) is 11.3 Å². The summed E-state index contributed by atoms with van der Waals surface area (Å²) in [6.45, 7) is 15.8. The van der Waals surface area contributed by atoms with Gasteiger partial charge in [0, 0.05) is 0 Å². The maximum Gasteiger partial charge on any atom is 0.354 e. The molecule has 1 amide bonds. The molecule has 1 heterocycles. The fourth-order valence-corrected chi connectivity index (χ4v) is 5.06. The molecule has 0 saturated carbocycles. The van der Waals surface area contributed by atoms with Crippen LogP contribution in [0.3, 0.4) is 0 Å². The zero-order valence-corrected chi connectivity index (χ0v) is 18.1. The second-order valence-corrected chi connectivity index (χ2v) is 10.7. The molecule has 0 aliphatic carbocycles. The molecule has 138 valence electrons. The Morgan fingerprint density at radius 2 is 1.71 bits per heavy atom. The largest absolute Gasteiger partial charge is 0.464 e. The number of carbonyl (C=O) groups excluding carboxylic acids is 2. The third-order valence-corrected chi connectivity index (χ3v) is 6.09. The third-order valence-electron chi connectivity index (χ3n) is 4.68. The first-order chi connectivity index (χ1) is 10.8. The van der Waals surface area contributed by atoms with Gasteiger partial charge in [-0.15, -0.1) is 0 Å². The first-order valence-electron chi connectivity index (χ1n) is 8.20. The van der Waals surface area contributed by atoms with Crippen LogP contribution in [0.5, 0.6) is 0 Å². The SMILES string of the molecule is COC(=O)C(=C(C)C)N1C(=O)[C@H](C(C)(O[SiH](C)C)C(C)(C)C)[C@H]1Cl. The highest BCUT2D eigenvalue weighted by Crippen LogP contribution is 2.50. The fourth-order valence-electron chi connectivity index (χ4n) is 3.03. The Morgan fingerprint density at radius 1 is 1.21 bits per heavy atom. The lowest BCUT2D eigenvalue weighted by Gasteiger charge is -2.56. The van der Waals surface area contributed by atoms with E-state index in [2.05, 4.69) is 13.1 Å². The second-order valence-electron chi connectivity index (χ2n) is 7.92. The molecule has 3 atom stereocenters. The number of methoxy groups -OCH3 is 1. The minimum absolute atomic E-state index is 0.191. The van der Waals surface area contributed by atoms with Crippen molar-refractivity contribution in [1.82, 2.24) is 4.90 Å². The highest BCUT2D eigenvalue weighted by molar-refractivity contribution is 6.48. The van der Waals surface area contributed by atoms with Gasteiger partial charge in [0.05, 0.1) is 12.7 Å². The monoisotopic (exact) mass is 375 g/mol. The topological polar surface area (TPSA) is 55.8 Å². The van der Waals surface area contributed by atoms with Gasteiger partial charge in [0.2, 0.25) is 5.91 Å². The van der Waals surface area contributed by atoms with E-state index in [-0.39, 0.29) is 17.0 Å². The number of allylic oxidation sites excluding steroid dienone is 1. The number of hydrogen-bond donors (Lipinski definition) is 0. The molecule has 1 rings (SSSR count). The Kier molecular flexibility index (Phi) is 6.34. The predicted molar refractivity (Wildman–Crippen MR) is 98.2 cm³/mol. The third kappa shape index (κ3) is 3.55. The summed E-state index contributed by atoms with van der Waals surface area (Å²) >= 11 is 6.59. The molecule has 1 fully saturated rings. The number of β-lactam (4-membered cyclic amide) rings is 1. The number of likely N-dealkylation sites (tertiary alicyclic amines) is 1. The Hall–Kier alpha value is -0.853. The van der Waals surface area contributed by atoms with Crippen molar-refractivity contribution in [2.75, 3.05) is 7.11 Å². The van der Waals surface area contributed by atoms with Crippen LogP contribution in [0.2, 0.25) is 13.1 Å². The fraction of sp³-hybridized carbons (Fsp3) is 0.765. The number of carbonyl (C=O) groups is 2. The van der Waals surface area contributed by atoms with Gasteiger partial charge in [-0.1, -0.05) is 32.4 Å². The van der Waals surface area contributed by atoms with Crippen molar-refractivity contribution in [2.45, 2.75) is 65.7 Å². The molecule has 1 saturated heterocycles. The minimum atomic E-state index is -1.41. The quantitative estimate of drug-likeness (QED) is 0.185. The average Bonchev–Trinajstić information content (AvgIpc) is 2.41. The van der Waals surface area contributed by atoms with Crippen LogP contribution in [0.25, 0.3) is 0 Å². The average molecular weight is 376 g/mol. The highest BCUT2D eigenvalue weighted by atomic mass is 35.5. The van der Waals surface area contributed by atoms with Crippen molar-refractivity contribution in [3.63, 3.8) is 0 Å². The highest BCUT2D eigenvalue weighted by Gasteiger charge is 2.62. The number of hydrogen-bond acceptors (Lipinski definition) is 4. The van der Waals surface area contributed by atoms with E-state index in [0.717, 1.165) is 0 Å². The number of esters is 1. The number of ether oxygens (including phenoxy) is 1. The van der Waals surface area contributed by atoms with Crippen molar-refractivity contribution in [3.8, 4) is 0 Å². The van der Waals surface area contributed by atoms with Crippen molar-refractivity contribution < 1.29 is 18.8 Å². The van der Waals surface area contributed by atoms with Crippen LogP contribution in [0.4, 0.5) is 0 Å². The van der Waals surface area contributed by atoms with Crippen LogP contribution in [-0.4, -0.2) is 44.0 Å². The summed E-state index contributed by atoms with van der Waals surface area (Å²) in [6, 6.07) is 0. The van der Waals surface area contributed by atoms with E-state index in [1.54, 1.807) is 13.8 Å². The number of amides is 1. The van der Waals surface area contributed by atoms with Gasteiger partial charge in [-0.3, -0.25) is 9.69 Å². The minimum Gasteiger partial charge on any atom is -0.464 e. The molecular weight excluding hydrogens is 346 g/mol. The Bertz CT molecular complexity index is 551. The van der Waals surface area contributed by atoms with Crippen molar-refractivity contribution in [3.05, 3.63) is 11.3 Å². The van der Waals surface area contributed by atoms with Gasteiger partial charge < -0.3 is 9.16 Å². The first kappa shape index (κ1) is 21.2. The lowest BCUT2D eigenvalue weighted by atomic mass is 9.66. The van der Waals surface area contributed by atoms with E-state index in [1.807, 2.05) is 27.7 Å². The number of alkyl halides is 1. The smallest absolute Gasteiger partial charge is 0.354 e. The van der Waals surface area contributed by atoms with Crippen LogP contribution in [0.15, 0.2) is 11.3 Å². The molecule has 5 nitrogen and oxygen atoms in total.